The molecule has 2 aromatic rings. The number of nitrogens with one attached hydrogen (secondary N) is 1. The summed E-state index contributed by atoms with van der Waals surface area (Å²) in [6, 6.07) is 10.6. The number of fused-ring (bicyclic) bond motifs is 1. The fourth-order valence-corrected chi connectivity index (χ4v) is 3.31. The first-order chi connectivity index (χ1) is 10.3. The largest absolute Gasteiger partial charge is 0.356 e. The number of carbonyl (C=O) groups excluding carboxylic acids is 1. The van der Waals surface area contributed by atoms with E-state index in [2.05, 4.69) is 46.4 Å². The SMILES string of the molecule is O=C(NCCCn1ccc2ccccc21)C1CCCCC1. The van der Waals surface area contributed by atoms with Crippen LogP contribution in [-0.4, -0.2) is 17.0 Å². The lowest BCUT2D eigenvalue weighted by Crippen LogP contribution is -2.32. The maximum Gasteiger partial charge on any atom is 0.223 e. The third-order valence-corrected chi connectivity index (χ3v) is 4.53. The average Bonchev–Trinajstić information content (AvgIpc) is 2.95. The van der Waals surface area contributed by atoms with Crippen LogP contribution in [-0.2, 0) is 11.3 Å². The highest BCUT2D eigenvalue weighted by Gasteiger charge is 2.20. The van der Waals surface area contributed by atoms with Crippen LogP contribution in [0.1, 0.15) is 38.5 Å². The van der Waals surface area contributed by atoms with Gasteiger partial charge < -0.3 is 9.88 Å². The summed E-state index contributed by atoms with van der Waals surface area (Å²) >= 11 is 0. The van der Waals surface area contributed by atoms with Crippen LogP contribution >= 0.6 is 0 Å². The molecule has 3 nitrogen and oxygen atoms in total. The molecule has 1 amide bonds. The number of nitrogens with zero attached hydrogens (tertiary/aromatic N) is 1. The molecule has 1 heterocycles. The van der Waals surface area contributed by atoms with E-state index in [0.717, 1.165) is 32.4 Å². The van der Waals surface area contributed by atoms with Gasteiger partial charge in [-0.3, -0.25) is 4.79 Å². The number of aryl methyl sites for hydroxylation is 1. The Balaban J connectivity index is 1.44. The number of amides is 1. The molecule has 1 aliphatic carbocycles. The summed E-state index contributed by atoms with van der Waals surface area (Å²) in [5, 5.41) is 4.39. The fourth-order valence-electron chi connectivity index (χ4n) is 3.31. The van der Waals surface area contributed by atoms with Crippen molar-refractivity contribution < 1.29 is 4.79 Å². The fraction of sp³-hybridized carbons (Fsp3) is 0.500. The molecule has 21 heavy (non-hydrogen) atoms. The van der Waals surface area contributed by atoms with Gasteiger partial charge in [-0.15, -0.1) is 0 Å². The lowest BCUT2D eigenvalue weighted by molar-refractivity contribution is -0.125. The second kappa shape index (κ2) is 6.79. The molecule has 0 radical (unpaired) electrons. The number of carbonyl (C=O) groups is 1. The molecular weight excluding hydrogens is 260 g/mol. The Morgan fingerprint density at radius 1 is 1.14 bits per heavy atom. The van der Waals surface area contributed by atoms with Gasteiger partial charge in [0.2, 0.25) is 5.91 Å². The molecule has 3 rings (SSSR count). The molecule has 1 saturated carbocycles. The monoisotopic (exact) mass is 284 g/mol. The lowest BCUT2D eigenvalue weighted by Gasteiger charge is -2.20. The molecule has 0 unspecified atom stereocenters. The summed E-state index contributed by atoms with van der Waals surface area (Å²) in [6.07, 6.45) is 9.00. The minimum atomic E-state index is 0.270. The highest BCUT2D eigenvalue weighted by molar-refractivity contribution is 5.80. The Kier molecular flexibility index (Phi) is 4.59. The van der Waals surface area contributed by atoms with E-state index in [-0.39, 0.29) is 11.8 Å². The van der Waals surface area contributed by atoms with Gasteiger partial charge in [0, 0.05) is 30.7 Å². The van der Waals surface area contributed by atoms with E-state index in [1.54, 1.807) is 0 Å². The number of aromatic nitrogens is 1. The number of para-hydroxylation sites is 1. The molecule has 1 fully saturated rings. The van der Waals surface area contributed by atoms with Gasteiger partial charge >= 0.3 is 0 Å². The van der Waals surface area contributed by atoms with Crippen LogP contribution in [0.15, 0.2) is 36.5 Å². The van der Waals surface area contributed by atoms with Gasteiger partial charge in [0.15, 0.2) is 0 Å². The van der Waals surface area contributed by atoms with Crippen molar-refractivity contribution in [2.45, 2.75) is 45.1 Å². The van der Waals surface area contributed by atoms with Crippen LogP contribution in [0.2, 0.25) is 0 Å². The van der Waals surface area contributed by atoms with Crippen LogP contribution in [0.5, 0.6) is 0 Å². The van der Waals surface area contributed by atoms with Crippen LogP contribution in [0, 0.1) is 5.92 Å². The van der Waals surface area contributed by atoms with Crippen molar-refractivity contribution in [2.75, 3.05) is 6.54 Å². The first-order valence-electron chi connectivity index (χ1n) is 8.16. The van der Waals surface area contributed by atoms with E-state index >= 15 is 0 Å². The zero-order chi connectivity index (χ0) is 14.5. The summed E-state index contributed by atoms with van der Waals surface area (Å²) in [6.45, 7) is 1.74. The van der Waals surface area contributed by atoms with Crippen molar-refractivity contribution in [1.29, 1.82) is 0 Å². The van der Waals surface area contributed by atoms with Crippen molar-refractivity contribution in [3.63, 3.8) is 0 Å². The van der Waals surface area contributed by atoms with Crippen molar-refractivity contribution >= 4 is 16.8 Å². The third kappa shape index (κ3) is 3.46. The van der Waals surface area contributed by atoms with E-state index in [1.807, 2.05) is 0 Å². The Bertz CT molecular complexity index is 596. The number of hydrogen-bond acceptors (Lipinski definition) is 1. The van der Waals surface area contributed by atoms with Gasteiger partial charge in [-0.25, -0.2) is 0 Å². The molecule has 1 N–H and O–H groups in total. The molecular formula is C18H24N2O. The van der Waals surface area contributed by atoms with Gasteiger partial charge in [0.25, 0.3) is 0 Å². The Labute approximate surface area is 126 Å². The zero-order valence-corrected chi connectivity index (χ0v) is 12.6. The Hall–Kier alpha value is -1.77. The number of benzene rings is 1. The summed E-state index contributed by atoms with van der Waals surface area (Å²) in [5.41, 5.74) is 1.27. The first kappa shape index (κ1) is 14.2. The molecule has 0 bridgehead atoms. The zero-order valence-electron chi connectivity index (χ0n) is 12.6. The van der Waals surface area contributed by atoms with E-state index in [4.69, 9.17) is 0 Å². The number of rotatable bonds is 5. The predicted molar refractivity (Wildman–Crippen MR) is 86.1 cm³/mol. The lowest BCUT2D eigenvalue weighted by atomic mass is 9.89. The quantitative estimate of drug-likeness (QED) is 0.834. The average molecular weight is 284 g/mol. The highest BCUT2D eigenvalue weighted by atomic mass is 16.1. The molecule has 0 spiro atoms. The van der Waals surface area contributed by atoms with Crippen molar-refractivity contribution in [2.24, 2.45) is 5.92 Å². The second-order valence-corrected chi connectivity index (χ2v) is 6.05. The van der Waals surface area contributed by atoms with Crippen molar-refractivity contribution in [1.82, 2.24) is 9.88 Å². The maximum atomic E-state index is 12.1. The number of hydrogen-bond donors (Lipinski definition) is 1. The van der Waals surface area contributed by atoms with Gasteiger partial charge in [-0.1, -0.05) is 37.5 Å². The molecule has 0 aliphatic heterocycles. The highest BCUT2D eigenvalue weighted by Crippen LogP contribution is 2.23. The van der Waals surface area contributed by atoms with Crippen molar-refractivity contribution in [3.8, 4) is 0 Å². The standard InChI is InChI=1S/C18H24N2O/c21-18(16-8-2-1-3-9-16)19-12-6-13-20-14-11-15-7-4-5-10-17(15)20/h4-5,7,10-11,14,16H,1-3,6,8-9,12-13H2,(H,19,21). The van der Waals surface area contributed by atoms with Gasteiger partial charge in [-0.2, -0.15) is 0 Å². The normalized spacial score (nSPS) is 16.2. The summed E-state index contributed by atoms with van der Waals surface area (Å²) in [4.78, 5) is 12.1. The first-order valence-corrected chi connectivity index (χ1v) is 8.16. The third-order valence-electron chi connectivity index (χ3n) is 4.53. The van der Waals surface area contributed by atoms with Gasteiger partial charge in [-0.05, 0) is 36.8 Å². The van der Waals surface area contributed by atoms with Gasteiger partial charge in [0.1, 0.15) is 0 Å². The van der Waals surface area contributed by atoms with Crippen LogP contribution < -0.4 is 5.32 Å². The van der Waals surface area contributed by atoms with Crippen LogP contribution in [0.3, 0.4) is 0 Å². The van der Waals surface area contributed by atoms with Crippen molar-refractivity contribution in [3.05, 3.63) is 36.5 Å². The van der Waals surface area contributed by atoms with E-state index in [9.17, 15) is 4.79 Å². The van der Waals surface area contributed by atoms with Crippen LogP contribution in [0.25, 0.3) is 10.9 Å². The molecule has 0 atom stereocenters. The second-order valence-electron chi connectivity index (χ2n) is 6.05. The smallest absolute Gasteiger partial charge is 0.223 e. The van der Waals surface area contributed by atoms with Gasteiger partial charge in [0.05, 0.1) is 0 Å². The molecule has 1 aromatic carbocycles. The maximum absolute atomic E-state index is 12.1. The minimum Gasteiger partial charge on any atom is -0.356 e. The van der Waals surface area contributed by atoms with E-state index < -0.39 is 0 Å². The minimum absolute atomic E-state index is 0.270. The molecule has 0 saturated heterocycles. The van der Waals surface area contributed by atoms with Crippen LogP contribution in [0.4, 0.5) is 0 Å². The molecule has 1 aliphatic rings. The topological polar surface area (TPSA) is 34.0 Å². The Morgan fingerprint density at radius 2 is 1.95 bits per heavy atom. The Morgan fingerprint density at radius 3 is 2.81 bits per heavy atom. The van der Waals surface area contributed by atoms with E-state index in [1.165, 1.54) is 30.2 Å². The summed E-state index contributed by atoms with van der Waals surface area (Å²) in [7, 11) is 0. The molecule has 1 aromatic heterocycles. The van der Waals surface area contributed by atoms with E-state index in [0.29, 0.717) is 0 Å². The summed E-state index contributed by atoms with van der Waals surface area (Å²) in [5.74, 6) is 0.540. The molecule has 112 valence electrons. The predicted octanol–water partition coefficient (Wildman–Crippen LogP) is 3.73. The summed E-state index contributed by atoms with van der Waals surface area (Å²) < 4.78 is 2.27. The molecule has 3 heteroatoms.